The van der Waals surface area contributed by atoms with Gasteiger partial charge in [-0.2, -0.15) is 0 Å². The van der Waals surface area contributed by atoms with Crippen molar-refractivity contribution in [3.8, 4) is 46.0 Å². The minimum atomic E-state index is -0.344. The third kappa shape index (κ3) is 38.0. The molecular formula is C123H182O13. The molecule has 13 unspecified atom stereocenters. The number of aromatic hydroxyl groups is 2. The van der Waals surface area contributed by atoms with Gasteiger partial charge in [-0.15, -0.1) is 0 Å². The minimum Gasteiger partial charge on any atom is -0.508 e. The fourth-order valence-corrected chi connectivity index (χ4v) is 18.9. The predicted molar refractivity (Wildman–Crippen MR) is 564 cm³/mol. The minimum absolute atomic E-state index is 0.0152. The van der Waals surface area contributed by atoms with Crippen molar-refractivity contribution in [3.05, 3.63) is 239 Å². The van der Waals surface area contributed by atoms with Gasteiger partial charge in [-0.3, -0.25) is 4.79 Å². The van der Waals surface area contributed by atoms with E-state index in [0.717, 1.165) is 97.2 Å². The SMILES string of the molecule is CCC(C)c1ccc(O)cc1.CCC(C)c1ccc(O)cc1.CCC(C)c1ccc(OC(C)=O)cc1.CCC(C)c1ccc(OC(OC(C)C)C(C)C)cc1.CCC(C)c1ccc(OC(OC2CCCCC2)C(C)C2CCCCC2)cc1.CCC(C)c1ccc(OC(OC2CCOc3ccccc32)C(C)(C)C)cc1.CCC(C)c1ccc(OC(OCC2CCCCC2)C23CCC(CC2)C3)cc1. The fourth-order valence-electron chi connectivity index (χ4n) is 18.9. The average molecular weight is 1870 g/mol. The van der Waals surface area contributed by atoms with Gasteiger partial charge in [0.1, 0.15) is 46.0 Å². The van der Waals surface area contributed by atoms with E-state index >= 15 is 0 Å². The zero-order chi connectivity index (χ0) is 98.7. The first kappa shape index (κ1) is 113. The smallest absolute Gasteiger partial charge is 0.308 e. The number of esters is 1. The zero-order valence-corrected chi connectivity index (χ0v) is 88.5. The maximum atomic E-state index is 10.7. The summed E-state index contributed by atoms with van der Waals surface area (Å²) in [5, 5.41) is 18.0. The largest absolute Gasteiger partial charge is 0.508 e. The molecule has 13 nitrogen and oxygen atoms in total. The van der Waals surface area contributed by atoms with Gasteiger partial charge in [-0.1, -0.05) is 299 Å². The molecule has 8 aromatic rings. The van der Waals surface area contributed by atoms with Crippen LogP contribution in [0.3, 0.4) is 0 Å². The number of carbonyl (C=O) groups is 1. The lowest BCUT2D eigenvalue weighted by Crippen LogP contribution is -2.39. The molecule has 5 saturated carbocycles. The number of phenols is 2. The van der Waals surface area contributed by atoms with E-state index in [9.17, 15) is 4.79 Å². The predicted octanol–water partition coefficient (Wildman–Crippen LogP) is 35.0. The maximum absolute atomic E-state index is 10.7. The van der Waals surface area contributed by atoms with Crippen molar-refractivity contribution >= 4 is 5.97 Å². The normalized spacial score (nSPS) is 19.7. The lowest BCUT2D eigenvalue weighted by atomic mass is 9.80. The Morgan fingerprint density at radius 3 is 1.13 bits per heavy atom. The van der Waals surface area contributed by atoms with E-state index in [1.807, 2.05) is 92.7 Å². The van der Waals surface area contributed by atoms with E-state index in [1.165, 1.54) is 187 Å². The number of hydrogen-bond acceptors (Lipinski definition) is 13. The second-order valence-electron chi connectivity index (χ2n) is 42.3. The number of rotatable bonds is 36. The van der Waals surface area contributed by atoms with Crippen LogP contribution in [0, 0.1) is 40.4 Å². The Balaban J connectivity index is 0.000000200. The second kappa shape index (κ2) is 59.3. The number of ether oxygens (including phenoxy) is 10. The third-order valence-corrected chi connectivity index (χ3v) is 29.8. The summed E-state index contributed by atoms with van der Waals surface area (Å²) in [6, 6.07) is 65.0. The van der Waals surface area contributed by atoms with Crippen LogP contribution in [0.2, 0.25) is 0 Å². The first-order chi connectivity index (χ1) is 65.3. The Morgan fingerprint density at radius 1 is 0.404 bits per heavy atom. The topological polar surface area (TPSA) is 150 Å². The lowest BCUT2D eigenvalue weighted by molar-refractivity contribution is -0.179. The molecule has 8 aromatic carbocycles. The van der Waals surface area contributed by atoms with Crippen LogP contribution in [0.1, 0.15) is 431 Å². The molecule has 5 fully saturated rings. The number of para-hydroxylation sites is 1. The van der Waals surface area contributed by atoms with E-state index in [0.29, 0.717) is 83.2 Å². The molecule has 6 aliphatic rings. The van der Waals surface area contributed by atoms with Crippen molar-refractivity contribution in [2.45, 2.75) is 424 Å². The number of phenolic OH excluding ortho intramolecular Hbond substituents is 2. The van der Waals surface area contributed by atoms with Crippen molar-refractivity contribution in [1.82, 2.24) is 0 Å². The summed E-state index contributed by atoms with van der Waals surface area (Å²) in [4.78, 5) is 10.7. The summed E-state index contributed by atoms with van der Waals surface area (Å²) in [7, 11) is 0. The van der Waals surface area contributed by atoms with Gasteiger partial charge in [0.25, 0.3) is 0 Å². The molecule has 14 rings (SSSR count). The molecular weight excluding hydrogens is 1690 g/mol. The van der Waals surface area contributed by atoms with Crippen LogP contribution in [0.5, 0.6) is 46.0 Å². The molecule has 5 aliphatic carbocycles. The fraction of sp³-hybridized carbons (Fsp3) is 0.602. The highest BCUT2D eigenvalue weighted by molar-refractivity contribution is 5.69. The highest BCUT2D eigenvalue weighted by atomic mass is 16.7. The van der Waals surface area contributed by atoms with Crippen LogP contribution in [0.25, 0.3) is 0 Å². The van der Waals surface area contributed by atoms with Crippen LogP contribution < -0.4 is 28.4 Å². The summed E-state index contributed by atoms with van der Waals surface area (Å²) < 4.78 is 61.4. The summed E-state index contributed by atoms with van der Waals surface area (Å²) in [6.45, 7) is 51.1. The number of benzene rings is 8. The highest BCUT2D eigenvalue weighted by Crippen LogP contribution is 2.57. The van der Waals surface area contributed by atoms with E-state index in [4.69, 9.17) is 57.6 Å². The number of fused-ring (bicyclic) bond motifs is 3. The molecule has 1 aliphatic heterocycles. The molecule has 752 valence electrons. The van der Waals surface area contributed by atoms with E-state index < -0.39 is 0 Å². The summed E-state index contributed by atoms with van der Waals surface area (Å²) in [5.41, 5.74) is 10.6. The first-order valence-electron chi connectivity index (χ1n) is 53.5. The van der Waals surface area contributed by atoms with Gasteiger partial charge >= 0.3 is 5.97 Å². The van der Waals surface area contributed by atoms with Gasteiger partial charge in [0, 0.05) is 41.6 Å². The van der Waals surface area contributed by atoms with Crippen LogP contribution in [0.15, 0.2) is 194 Å². The number of hydrogen-bond donors (Lipinski definition) is 2. The van der Waals surface area contributed by atoms with Gasteiger partial charge in [0.15, 0.2) is 0 Å². The Bertz CT molecular complexity index is 4440. The van der Waals surface area contributed by atoms with E-state index in [1.54, 1.807) is 24.3 Å². The van der Waals surface area contributed by atoms with Gasteiger partial charge in [0.05, 0.1) is 31.5 Å². The molecule has 1 heterocycles. The maximum Gasteiger partial charge on any atom is 0.308 e. The lowest BCUT2D eigenvalue weighted by Gasteiger charge is -2.36. The van der Waals surface area contributed by atoms with Crippen molar-refractivity contribution in [2.75, 3.05) is 13.2 Å². The molecule has 13 heteroatoms. The second-order valence-corrected chi connectivity index (χ2v) is 42.3. The van der Waals surface area contributed by atoms with Crippen LogP contribution >= 0.6 is 0 Å². The van der Waals surface area contributed by atoms with Gasteiger partial charge in [0.2, 0.25) is 25.2 Å². The summed E-state index contributed by atoms with van der Waals surface area (Å²) in [5.74, 6) is 12.9. The Labute approximate surface area is 825 Å². The Kier molecular flexibility index (Phi) is 49.3. The van der Waals surface area contributed by atoms with Crippen molar-refractivity contribution in [1.29, 1.82) is 0 Å². The van der Waals surface area contributed by atoms with Crippen LogP contribution in [-0.2, 0) is 23.7 Å². The average Bonchev–Trinajstić information content (AvgIpc) is 1.62. The Morgan fingerprint density at radius 2 is 0.765 bits per heavy atom. The zero-order valence-electron chi connectivity index (χ0n) is 88.5. The van der Waals surface area contributed by atoms with Crippen molar-refractivity contribution in [3.63, 3.8) is 0 Å². The van der Waals surface area contributed by atoms with Gasteiger partial charge in [-0.05, 0) is 319 Å². The van der Waals surface area contributed by atoms with Crippen LogP contribution in [-0.4, -0.2) is 66.8 Å². The van der Waals surface area contributed by atoms with E-state index in [2.05, 4.69) is 229 Å². The summed E-state index contributed by atoms with van der Waals surface area (Å²) >= 11 is 0. The van der Waals surface area contributed by atoms with Crippen LogP contribution in [0.4, 0.5) is 0 Å². The monoisotopic (exact) mass is 1870 g/mol. The standard InChI is InChI=1S/C25H38O2.C25H40O2.C24H32O3.C17H28O2.C12H16O2.2C10H14O/c1-3-19(2)22-9-11-23(12-10-22)27-24(25-15-13-20(17-25)14-16-25)26-18-21-7-5-4-6-8-21;1-4-19(2)21-15-17-24(18-16-21)27-25(26-23-13-9-6-10-14-23)20(3)22-11-7-5-8-12-22;1-6-17(2)18-11-13-19(14-12-18)26-23(24(3,4)5)27-22-15-16-25-21-10-8-7-9-20(21)22;1-7-14(6)15-8-10-16(11-9-15)19-17(12(2)3)18-13(4)5;1-4-9(2)11-5-7-12(8-6-11)14-10(3)13;2*1-3-8(2)9-4-6-10(11)7-5-9/h9-12,19-21,24H,3-8,13-18H2,1-2H3;15-20,22-23,25H,4-14H2,1-3H3;7-14,17,22-23H,6,15-16H2,1-5H3;8-14,17H,7H2,1-6H3;5-9H,4H2,1-3H3;2*4-8,11H,3H2,1-2H3. The van der Waals surface area contributed by atoms with Gasteiger partial charge in [-0.25, -0.2) is 0 Å². The molecule has 2 bridgehead atoms. The van der Waals surface area contributed by atoms with Gasteiger partial charge < -0.3 is 57.6 Å². The molecule has 136 heavy (non-hydrogen) atoms. The van der Waals surface area contributed by atoms with Crippen molar-refractivity contribution in [2.24, 2.45) is 40.4 Å². The molecule has 0 amide bonds. The molecule has 13 atom stereocenters. The molecule has 0 saturated heterocycles. The number of carbonyl (C=O) groups excluding carboxylic acids is 1. The quantitative estimate of drug-likeness (QED) is 0.0218. The third-order valence-electron chi connectivity index (χ3n) is 29.8. The summed E-state index contributed by atoms with van der Waals surface area (Å²) in [6.07, 6.45) is 35.4. The van der Waals surface area contributed by atoms with E-state index in [-0.39, 0.29) is 54.2 Å². The molecule has 2 N–H and O–H groups in total. The molecule has 0 radical (unpaired) electrons. The highest BCUT2D eigenvalue weighted by Gasteiger charge is 2.52. The first-order valence-corrected chi connectivity index (χ1v) is 53.5. The van der Waals surface area contributed by atoms with Crippen molar-refractivity contribution < 1.29 is 62.4 Å². The Hall–Kier alpha value is -8.33. The molecule has 0 aromatic heterocycles. The molecule has 0 spiro atoms.